The lowest BCUT2D eigenvalue weighted by atomic mass is 9.80. The molecule has 1 aliphatic heterocycles. The number of rotatable bonds is 5. The van der Waals surface area contributed by atoms with Crippen LogP contribution in [0.5, 0.6) is 0 Å². The zero-order chi connectivity index (χ0) is 26.0. The van der Waals surface area contributed by atoms with Gasteiger partial charge in [-0.15, -0.1) is 0 Å². The maximum absolute atomic E-state index is 14.1. The Bertz CT molecular complexity index is 1370. The van der Waals surface area contributed by atoms with E-state index in [4.69, 9.17) is 4.42 Å². The van der Waals surface area contributed by atoms with E-state index in [2.05, 4.69) is 10.6 Å². The van der Waals surface area contributed by atoms with Crippen molar-refractivity contribution in [3.63, 3.8) is 0 Å². The third-order valence-electron chi connectivity index (χ3n) is 7.32. The summed E-state index contributed by atoms with van der Waals surface area (Å²) in [7, 11) is 0. The molecule has 190 valence electrons. The third-order valence-corrected chi connectivity index (χ3v) is 7.32. The molecule has 1 unspecified atom stereocenters. The van der Waals surface area contributed by atoms with E-state index in [1.54, 1.807) is 23.1 Å². The minimum atomic E-state index is -1.14. The smallest absolute Gasteiger partial charge is 0.287 e. The number of hydrogen-bond donors (Lipinski definition) is 2. The van der Waals surface area contributed by atoms with Crippen LogP contribution < -0.4 is 15.5 Å². The number of nitrogens with zero attached hydrogens (tertiary/aromatic N) is 2. The summed E-state index contributed by atoms with van der Waals surface area (Å²) in [5, 5.41) is 15.9. The van der Waals surface area contributed by atoms with Crippen LogP contribution in [0.3, 0.4) is 0 Å². The number of anilines is 1. The molecule has 8 nitrogen and oxygen atoms in total. The van der Waals surface area contributed by atoms with E-state index in [1.165, 1.54) is 12.1 Å². The molecule has 3 aromatic rings. The minimum absolute atomic E-state index is 0.0541. The molecule has 9 heteroatoms. The van der Waals surface area contributed by atoms with E-state index in [-0.39, 0.29) is 29.6 Å². The van der Waals surface area contributed by atoms with Gasteiger partial charge < -0.3 is 20.0 Å². The fraction of sp³-hybridized carbons (Fsp3) is 0.357. The molecule has 2 aliphatic rings. The Morgan fingerprint density at radius 2 is 1.89 bits per heavy atom. The van der Waals surface area contributed by atoms with Crippen molar-refractivity contribution in [2.75, 3.05) is 18.0 Å². The van der Waals surface area contributed by atoms with Crippen molar-refractivity contribution in [3.05, 3.63) is 65.7 Å². The van der Waals surface area contributed by atoms with Crippen molar-refractivity contribution in [2.45, 2.75) is 50.1 Å². The Balaban J connectivity index is 1.29. The van der Waals surface area contributed by atoms with E-state index < -0.39 is 23.3 Å². The Morgan fingerprint density at radius 3 is 2.62 bits per heavy atom. The van der Waals surface area contributed by atoms with Gasteiger partial charge in [-0.3, -0.25) is 14.4 Å². The molecule has 2 N–H and O–H groups in total. The largest absolute Gasteiger partial charge is 0.451 e. The number of halogens is 1. The van der Waals surface area contributed by atoms with Gasteiger partial charge in [0.05, 0.1) is 18.3 Å². The molecule has 2 aromatic carbocycles. The predicted molar refractivity (Wildman–Crippen MR) is 134 cm³/mol. The summed E-state index contributed by atoms with van der Waals surface area (Å²) in [5.41, 5.74) is -0.290. The lowest BCUT2D eigenvalue weighted by Crippen LogP contribution is -2.63. The third kappa shape index (κ3) is 4.79. The number of amides is 2. The average Bonchev–Trinajstić information content (AvgIpc) is 3.35. The highest BCUT2D eigenvalue weighted by atomic mass is 19.1. The van der Waals surface area contributed by atoms with Gasteiger partial charge in [0.1, 0.15) is 28.6 Å². The number of para-hydroxylation sites is 1. The fourth-order valence-corrected chi connectivity index (χ4v) is 5.30. The Labute approximate surface area is 213 Å². The van der Waals surface area contributed by atoms with Gasteiger partial charge in [-0.25, -0.2) is 4.39 Å². The second-order valence-electron chi connectivity index (χ2n) is 9.69. The Hall–Kier alpha value is -4.19. The van der Waals surface area contributed by atoms with E-state index in [9.17, 15) is 24.0 Å². The number of nitriles is 1. The van der Waals surface area contributed by atoms with Crippen LogP contribution in [0.4, 0.5) is 10.1 Å². The number of ketones is 1. The first kappa shape index (κ1) is 24.5. The molecule has 0 spiro atoms. The zero-order valence-electron chi connectivity index (χ0n) is 20.3. The van der Waals surface area contributed by atoms with Crippen LogP contribution in [-0.2, 0) is 9.59 Å². The number of benzene rings is 2. The highest BCUT2D eigenvalue weighted by Gasteiger charge is 2.43. The summed E-state index contributed by atoms with van der Waals surface area (Å²) in [6, 6.07) is 14.4. The van der Waals surface area contributed by atoms with E-state index in [0.29, 0.717) is 37.1 Å². The minimum Gasteiger partial charge on any atom is -0.451 e. The molecule has 2 heterocycles. The number of carbonyl (C=O) groups is 3. The lowest BCUT2D eigenvalue weighted by molar-refractivity contribution is -0.133. The van der Waals surface area contributed by atoms with Gasteiger partial charge in [-0.05, 0) is 43.5 Å². The molecule has 2 amide bonds. The van der Waals surface area contributed by atoms with Crippen molar-refractivity contribution in [1.29, 1.82) is 5.26 Å². The molecular formula is C28H27FN4O4. The SMILES string of the molecule is N#Cc1c(F)cccc1N1CCC(NC(=O)C2(NC(=O)c3cc4ccccc4o3)CCCCC2)C(=O)C1. The number of furan rings is 1. The first-order valence-electron chi connectivity index (χ1n) is 12.5. The lowest BCUT2D eigenvalue weighted by Gasteiger charge is -2.39. The first-order valence-corrected chi connectivity index (χ1v) is 12.5. The molecular weight excluding hydrogens is 475 g/mol. The van der Waals surface area contributed by atoms with Crippen LogP contribution in [0.1, 0.15) is 54.6 Å². The Morgan fingerprint density at radius 1 is 1.11 bits per heavy atom. The quantitative estimate of drug-likeness (QED) is 0.548. The molecule has 1 saturated heterocycles. The summed E-state index contributed by atoms with van der Waals surface area (Å²) < 4.78 is 19.7. The molecule has 37 heavy (non-hydrogen) atoms. The first-order chi connectivity index (χ1) is 17.9. The fourth-order valence-electron chi connectivity index (χ4n) is 5.30. The van der Waals surface area contributed by atoms with Crippen LogP contribution in [0.25, 0.3) is 11.0 Å². The topological polar surface area (TPSA) is 115 Å². The second kappa shape index (κ2) is 10.1. The highest BCUT2D eigenvalue weighted by molar-refractivity contribution is 6.01. The number of piperidine rings is 1. The number of Topliss-reactive ketones (excluding diaryl/α,β-unsaturated/α-hetero) is 1. The molecule has 1 aliphatic carbocycles. The average molecular weight is 503 g/mol. The Kier molecular flexibility index (Phi) is 6.66. The maximum Gasteiger partial charge on any atom is 0.287 e. The van der Waals surface area contributed by atoms with Gasteiger partial charge in [0.25, 0.3) is 5.91 Å². The van der Waals surface area contributed by atoms with Gasteiger partial charge in [0, 0.05) is 11.9 Å². The molecule has 2 fully saturated rings. The van der Waals surface area contributed by atoms with E-state index in [1.807, 2.05) is 24.3 Å². The van der Waals surface area contributed by atoms with Gasteiger partial charge in [0.15, 0.2) is 11.5 Å². The zero-order valence-corrected chi connectivity index (χ0v) is 20.3. The van der Waals surface area contributed by atoms with Gasteiger partial charge in [-0.1, -0.05) is 43.5 Å². The van der Waals surface area contributed by atoms with Gasteiger partial charge >= 0.3 is 0 Å². The summed E-state index contributed by atoms with van der Waals surface area (Å²) in [6.45, 7) is 0.314. The normalized spacial score (nSPS) is 19.3. The molecule has 1 saturated carbocycles. The summed E-state index contributed by atoms with van der Waals surface area (Å²) in [4.78, 5) is 41.3. The van der Waals surface area contributed by atoms with Crippen LogP contribution in [0.2, 0.25) is 0 Å². The summed E-state index contributed by atoms with van der Waals surface area (Å²) in [6.07, 6.45) is 3.74. The predicted octanol–water partition coefficient (Wildman–Crippen LogP) is 3.84. The van der Waals surface area contributed by atoms with Crippen LogP contribution >= 0.6 is 0 Å². The number of hydrogen-bond acceptors (Lipinski definition) is 6. The van der Waals surface area contributed by atoms with Crippen LogP contribution in [-0.4, -0.2) is 42.3 Å². The second-order valence-corrected chi connectivity index (χ2v) is 9.69. The van der Waals surface area contributed by atoms with Crippen molar-refractivity contribution in [3.8, 4) is 6.07 Å². The summed E-state index contributed by atoms with van der Waals surface area (Å²) in [5.74, 6) is -1.59. The van der Waals surface area contributed by atoms with E-state index >= 15 is 0 Å². The maximum atomic E-state index is 14.1. The van der Waals surface area contributed by atoms with Crippen molar-refractivity contribution < 1.29 is 23.2 Å². The monoisotopic (exact) mass is 502 g/mol. The molecule has 5 rings (SSSR count). The van der Waals surface area contributed by atoms with Crippen molar-refractivity contribution >= 4 is 34.3 Å². The number of carbonyl (C=O) groups excluding carboxylic acids is 3. The molecule has 0 bridgehead atoms. The summed E-state index contributed by atoms with van der Waals surface area (Å²) >= 11 is 0. The number of nitrogens with one attached hydrogen (secondary N) is 2. The standard InChI is InChI=1S/C28H27FN4O4/c29-20-8-6-9-22(19(20)16-30)33-14-11-21(23(34)17-33)31-27(36)28(12-4-1-5-13-28)32-26(35)25-15-18-7-2-3-10-24(18)37-25/h2-3,6-10,15,21H,1,4-5,11-14,17H2,(H,31,36)(H,32,35). The van der Waals surface area contributed by atoms with Gasteiger partial charge in [-0.2, -0.15) is 5.26 Å². The van der Waals surface area contributed by atoms with Crippen LogP contribution in [0.15, 0.2) is 52.9 Å². The van der Waals surface area contributed by atoms with Crippen molar-refractivity contribution in [2.24, 2.45) is 0 Å². The van der Waals surface area contributed by atoms with Crippen molar-refractivity contribution in [1.82, 2.24) is 10.6 Å². The van der Waals surface area contributed by atoms with Crippen LogP contribution in [0, 0.1) is 17.1 Å². The molecule has 0 radical (unpaired) electrons. The number of fused-ring (bicyclic) bond motifs is 1. The van der Waals surface area contributed by atoms with Gasteiger partial charge in [0.2, 0.25) is 5.91 Å². The molecule has 1 aromatic heterocycles. The highest BCUT2D eigenvalue weighted by Crippen LogP contribution is 2.31. The van der Waals surface area contributed by atoms with E-state index in [0.717, 1.165) is 24.6 Å². The molecule has 1 atom stereocenters.